The SMILES string of the molecule is COc1ccc(NC(=O)CN2CCCC3=C[C@H]4C[C@@H](CN5CCCC[C@H]45)[C@@H]32)cc1. The number of nitrogens with zero attached hydrogens (tertiary/aromatic N) is 2. The number of amides is 1. The van der Waals surface area contributed by atoms with Gasteiger partial charge in [-0.05, 0) is 81.3 Å². The first-order valence-corrected chi connectivity index (χ1v) is 11.3. The Hall–Kier alpha value is -1.85. The highest BCUT2D eigenvalue weighted by molar-refractivity contribution is 5.92. The van der Waals surface area contributed by atoms with Crippen molar-refractivity contribution in [2.24, 2.45) is 11.8 Å². The minimum absolute atomic E-state index is 0.0881. The Morgan fingerprint density at radius 2 is 2.03 bits per heavy atom. The Labute approximate surface area is 174 Å². The van der Waals surface area contributed by atoms with Crippen molar-refractivity contribution >= 4 is 11.6 Å². The molecule has 0 spiro atoms. The summed E-state index contributed by atoms with van der Waals surface area (Å²) in [5, 5.41) is 3.07. The van der Waals surface area contributed by atoms with Crippen LogP contribution < -0.4 is 10.1 Å². The first-order chi connectivity index (χ1) is 14.2. The van der Waals surface area contributed by atoms with E-state index in [-0.39, 0.29) is 5.91 Å². The van der Waals surface area contributed by atoms with E-state index in [2.05, 4.69) is 21.2 Å². The summed E-state index contributed by atoms with van der Waals surface area (Å²) in [4.78, 5) is 18.0. The zero-order valence-electron chi connectivity index (χ0n) is 17.5. The highest BCUT2D eigenvalue weighted by Gasteiger charge is 2.46. The van der Waals surface area contributed by atoms with Gasteiger partial charge in [-0.1, -0.05) is 18.1 Å². The van der Waals surface area contributed by atoms with Crippen molar-refractivity contribution in [2.75, 3.05) is 38.6 Å². The molecule has 0 aromatic heterocycles. The molecule has 5 nitrogen and oxygen atoms in total. The molecule has 3 fully saturated rings. The number of methoxy groups -OCH3 is 1. The maximum absolute atomic E-state index is 12.8. The van der Waals surface area contributed by atoms with Gasteiger partial charge in [0.25, 0.3) is 0 Å². The van der Waals surface area contributed by atoms with Crippen molar-refractivity contribution in [2.45, 2.75) is 50.6 Å². The van der Waals surface area contributed by atoms with Crippen molar-refractivity contribution in [3.63, 3.8) is 0 Å². The maximum atomic E-state index is 12.8. The highest BCUT2D eigenvalue weighted by Crippen LogP contribution is 2.44. The number of anilines is 1. The van der Waals surface area contributed by atoms with Gasteiger partial charge >= 0.3 is 0 Å². The van der Waals surface area contributed by atoms with Crippen molar-refractivity contribution in [1.29, 1.82) is 0 Å². The normalized spacial score (nSPS) is 32.0. The van der Waals surface area contributed by atoms with Gasteiger partial charge in [0, 0.05) is 24.3 Å². The number of carbonyl (C=O) groups excluding carboxylic acids is 1. The van der Waals surface area contributed by atoms with Gasteiger partial charge in [0.15, 0.2) is 0 Å². The second-order valence-corrected chi connectivity index (χ2v) is 9.25. The number of hydrogen-bond acceptors (Lipinski definition) is 4. The fourth-order valence-corrected chi connectivity index (χ4v) is 6.32. The zero-order valence-corrected chi connectivity index (χ0v) is 17.5. The van der Waals surface area contributed by atoms with E-state index < -0.39 is 0 Å². The number of fused-ring (bicyclic) bond motifs is 6. The van der Waals surface area contributed by atoms with Crippen molar-refractivity contribution < 1.29 is 9.53 Å². The third kappa shape index (κ3) is 3.82. The Morgan fingerprint density at radius 1 is 1.17 bits per heavy atom. The third-order valence-electron chi connectivity index (χ3n) is 7.48. The van der Waals surface area contributed by atoms with Gasteiger partial charge in [-0.25, -0.2) is 0 Å². The van der Waals surface area contributed by atoms with E-state index in [0.717, 1.165) is 29.9 Å². The Morgan fingerprint density at radius 3 is 2.86 bits per heavy atom. The van der Waals surface area contributed by atoms with E-state index in [1.165, 1.54) is 51.6 Å². The molecule has 1 aromatic carbocycles. The van der Waals surface area contributed by atoms with Crippen LogP contribution >= 0.6 is 0 Å². The van der Waals surface area contributed by atoms with Crippen LogP contribution in [0.1, 0.15) is 38.5 Å². The van der Waals surface area contributed by atoms with Crippen molar-refractivity contribution in [1.82, 2.24) is 9.80 Å². The smallest absolute Gasteiger partial charge is 0.238 e. The average molecular weight is 396 g/mol. The van der Waals surface area contributed by atoms with Crippen LogP contribution in [0.5, 0.6) is 5.75 Å². The number of rotatable bonds is 4. The molecule has 0 saturated carbocycles. The molecule has 5 rings (SSSR count). The number of hydrogen-bond donors (Lipinski definition) is 1. The Kier molecular flexibility index (Phi) is 5.35. The predicted octanol–water partition coefficient (Wildman–Crippen LogP) is 3.53. The van der Waals surface area contributed by atoms with Gasteiger partial charge in [-0.3, -0.25) is 14.6 Å². The number of ether oxygens (including phenoxy) is 1. The van der Waals surface area contributed by atoms with Crippen LogP contribution in [-0.4, -0.2) is 61.1 Å². The average Bonchev–Trinajstić information content (AvgIpc) is 2.74. The minimum Gasteiger partial charge on any atom is -0.497 e. The molecule has 0 unspecified atom stereocenters. The molecule has 3 aliphatic heterocycles. The zero-order chi connectivity index (χ0) is 19.8. The summed E-state index contributed by atoms with van der Waals surface area (Å²) in [6.07, 6.45) is 10.5. The molecule has 1 N–H and O–H groups in total. The topological polar surface area (TPSA) is 44.8 Å². The fourth-order valence-electron chi connectivity index (χ4n) is 6.32. The molecule has 5 heteroatoms. The molecule has 2 bridgehead atoms. The molecule has 1 aromatic rings. The third-order valence-corrected chi connectivity index (χ3v) is 7.48. The van der Waals surface area contributed by atoms with E-state index in [1.807, 2.05) is 24.3 Å². The van der Waals surface area contributed by atoms with Crippen LogP contribution in [0.25, 0.3) is 0 Å². The first kappa shape index (κ1) is 19.1. The van der Waals surface area contributed by atoms with Crippen molar-refractivity contribution in [3.05, 3.63) is 35.9 Å². The molecule has 29 heavy (non-hydrogen) atoms. The van der Waals surface area contributed by atoms with Crippen LogP contribution in [0.15, 0.2) is 35.9 Å². The molecule has 0 radical (unpaired) electrons. The standard InChI is InChI=1S/C24H33N3O2/c1-29-21-9-7-20(8-10-21)25-23(28)16-27-12-4-5-17-13-18-14-19(24(17)27)15-26-11-3-2-6-22(18)26/h7-10,13,18-19,22,24H,2-6,11-12,14-16H2,1H3,(H,25,28)/t18-,19-,22+,24+/m0/s1. The van der Waals surface area contributed by atoms with E-state index in [4.69, 9.17) is 4.74 Å². The van der Waals surface area contributed by atoms with Crippen LogP contribution in [0.4, 0.5) is 5.69 Å². The van der Waals surface area contributed by atoms with E-state index >= 15 is 0 Å². The predicted molar refractivity (Wildman–Crippen MR) is 115 cm³/mol. The Balaban J connectivity index is 1.28. The summed E-state index contributed by atoms with van der Waals surface area (Å²) in [5.74, 6) is 2.32. The van der Waals surface area contributed by atoms with E-state index in [0.29, 0.717) is 18.5 Å². The monoisotopic (exact) mass is 395 g/mol. The number of piperidine rings is 3. The maximum Gasteiger partial charge on any atom is 0.238 e. The van der Waals surface area contributed by atoms with Crippen LogP contribution in [0.2, 0.25) is 0 Å². The van der Waals surface area contributed by atoms with E-state index in [1.54, 1.807) is 12.7 Å². The van der Waals surface area contributed by atoms with Gasteiger partial charge in [0.05, 0.1) is 13.7 Å². The Bertz CT molecular complexity index is 775. The lowest BCUT2D eigenvalue weighted by Crippen LogP contribution is -2.59. The van der Waals surface area contributed by atoms with Gasteiger partial charge in [0.2, 0.25) is 5.91 Å². The first-order valence-electron chi connectivity index (χ1n) is 11.3. The second-order valence-electron chi connectivity index (χ2n) is 9.25. The summed E-state index contributed by atoms with van der Waals surface area (Å²) >= 11 is 0. The molecule has 156 valence electrons. The number of nitrogens with one attached hydrogen (secondary N) is 1. The molecule has 3 heterocycles. The second kappa shape index (κ2) is 8.11. The lowest BCUT2D eigenvalue weighted by molar-refractivity contribution is -0.118. The van der Waals surface area contributed by atoms with Gasteiger partial charge in [0.1, 0.15) is 5.75 Å². The molecular formula is C24H33N3O2. The van der Waals surface area contributed by atoms with E-state index in [9.17, 15) is 4.79 Å². The molecular weight excluding hydrogens is 362 g/mol. The minimum atomic E-state index is 0.0881. The molecule has 4 atom stereocenters. The number of benzene rings is 1. The quantitative estimate of drug-likeness (QED) is 0.792. The fraction of sp³-hybridized carbons (Fsp3) is 0.625. The summed E-state index contributed by atoms with van der Waals surface area (Å²) < 4.78 is 5.20. The highest BCUT2D eigenvalue weighted by atomic mass is 16.5. The molecule has 1 amide bonds. The molecule has 1 aliphatic carbocycles. The number of carbonyl (C=O) groups is 1. The van der Waals surface area contributed by atoms with Gasteiger partial charge < -0.3 is 10.1 Å². The molecule has 3 saturated heterocycles. The summed E-state index contributed by atoms with van der Waals surface area (Å²) in [7, 11) is 1.65. The van der Waals surface area contributed by atoms with Gasteiger partial charge in [-0.2, -0.15) is 0 Å². The summed E-state index contributed by atoms with van der Waals surface area (Å²) in [5.41, 5.74) is 2.46. The summed E-state index contributed by atoms with van der Waals surface area (Å²) in [6, 6.07) is 8.82. The van der Waals surface area contributed by atoms with Crippen molar-refractivity contribution in [3.8, 4) is 5.75 Å². The van der Waals surface area contributed by atoms with Crippen LogP contribution in [0, 0.1) is 11.8 Å². The largest absolute Gasteiger partial charge is 0.497 e. The van der Waals surface area contributed by atoms with Gasteiger partial charge in [-0.15, -0.1) is 0 Å². The number of likely N-dealkylation sites (tertiary alicyclic amines) is 1. The molecule has 4 aliphatic rings. The van der Waals surface area contributed by atoms with Crippen LogP contribution in [0.3, 0.4) is 0 Å². The lowest BCUT2D eigenvalue weighted by Gasteiger charge is -2.54. The summed E-state index contributed by atoms with van der Waals surface area (Å²) in [6.45, 7) is 4.01. The lowest BCUT2D eigenvalue weighted by atomic mass is 9.68. The van der Waals surface area contributed by atoms with Crippen LogP contribution in [-0.2, 0) is 4.79 Å².